The minimum absolute atomic E-state index is 0.0448. The molecule has 3 aromatic rings. The number of benzene rings is 3. The molecule has 0 bridgehead atoms. The lowest BCUT2D eigenvalue weighted by Crippen LogP contribution is -2.55. The van der Waals surface area contributed by atoms with Gasteiger partial charge in [0.1, 0.15) is 24.5 Å². The first-order chi connectivity index (χ1) is 22.1. The fourth-order valence-electron chi connectivity index (χ4n) is 4.60. The zero-order valence-corrected chi connectivity index (χ0v) is 25.1. The average molecular weight is 657 g/mol. The van der Waals surface area contributed by atoms with Gasteiger partial charge in [-0.1, -0.05) is 66.7 Å². The second-order valence-corrected chi connectivity index (χ2v) is 10.5. The van der Waals surface area contributed by atoms with E-state index in [0.29, 0.717) is 16.7 Å². The average Bonchev–Trinajstić information content (AvgIpc) is 3.02. The molecule has 47 heavy (non-hydrogen) atoms. The van der Waals surface area contributed by atoms with Gasteiger partial charge in [0.2, 0.25) is 17.7 Å². The van der Waals surface area contributed by atoms with E-state index in [1.807, 2.05) is 24.3 Å². The summed E-state index contributed by atoms with van der Waals surface area (Å²) < 4.78 is 43.1. The molecule has 0 saturated heterocycles. The number of ether oxygens (including phenoxy) is 1. The van der Waals surface area contributed by atoms with Gasteiger partial charge in [0, 0.05) is 12.1 Å². The van der Waals surface area contributed by atoms with Crippen molar-refractivity contribution in [2.45, 2.75) is 43.4 Å². The number of carbonyl (C=O) groups is 4. The highest BCUT2D eigenvalue weighted by Crippen LogP contribution is 2.26. The third-order valence-corrected chi connectivity index (χ3v) is 7.05. The van der Waals surface area contributed by atoms with Gasteiger partial charge in [-0.3, -0.25) is 24.8 Å². The highest BCUT2D eigenvalue weighted by molar-refractivity contribution is 5.95. The summed E-state index contributed by atoms with van der Waals surface area (Å²) in [4.78, 5) is 54.5. The molecule has 0 fully saturated rings. The smallest absolute Gasteiger partial charge is 0.456 e. The molecule has 0 aliphatic carbocycles. The van der Waals surface area contributed by atoms with Crippen molar-refractivity contribution in [3.05, 3.63) is 83.4 Å². The molecular weight excluding hydrogens is 621 g/mol. The highest BCUT2D eigenvalue weighted by atomic mass is 19.4. The van der Waals surface area contributed by atoms with Gasteiger partial charge >= 0.3 is 12.1 Å². The molecule has 0 aromatic heterocycles. The number of hydrogen-bond acceptors (Lipinski definition) is 7. The van der Waals surface area contributed by atoms with Crippen LogP contribution in [0.2, 0.25) is 0 Å². The number of rotatable bonds is 15. The molecule has 0 saturated carbocycles. The van der Waals surface area contributed by atoms with Crippen LogP contribution in [0, 0.1) is 5.41 Å². The predicted molar refractivity (Wildman–Crippen MR) is 168 cm³/mol. The summed E-state index contributed by atoms with van der Waals surface area (Å²) in [6, 6.07) is 16.0. The number of halogens is 3. The minimum atomic E-state index is -5.37. The molecule has 0 aliphatic heterocycles. The number of hydrogen-bond donors (Lipinski definition) is 7. The Labute approximate surface area is 267 Å². The van der Waals surface area contributed by atoms with Crippen LogP contribution in [0.3, 0.4) is 0 Å². The number of nitrogens with two attached hydrogens (primary N) is 4. The van der Waals surface area contributed by atoms with Gasteiger partial charge in [0.15, 0.2) is 5.96 Å². The molecule has 0 heterocycles. The van der Waals surface area contributed by atoms with Gasteiger partial charge in [-0.15, -0.1) is 0 Å². The maximum absolute atomic E-state index is 13.9. The lowest BCUT2D eigenvalue weighted by molar-refractivity contribution is -0.200. The Morgan fingerprint density at radius 3 is 2.09 bits per heavy atom. The van der Waals surface area contributed by atoms with Crippen LogP contribution in [-0.2, 0) is 30.3 Å². The fourth-order valence-corrected chi connectivity index (χ4v) is 4.60. The molecule has 0 aliphatic rings. The Bertz CT molecular complexity index is 1640. The van der Waals surface area contributed by atoms with Gasteiger partial charge in [-0.25, -0.2) is 4.79 Å². The lowest BCUT2D eigenvalue weighted by atomic mass is 9.89. The lowest BCUT2D eigenvalue weighted by Gasteiger charge is -2.25. The molecule has 3 rings (SSSR count). The number of primary amides is 1. The fraction of sp³-hybridized carbons (Fsp3) is 0.290. The molecule has 250 valence electrons. The van der Waals surface area contributed by atoms with Crippen molar-refractivity contribution < 1.29 is 37.1 Å². The van der Waals surface area contributed by atoms with Crippen molar-refractivity contribution in [2.24, 2.45) is 27.9 Å². The van der Waals surface area contributed by atoms with E-state index >= 15 is 0 Å². The van der Waals surface area contributed by atoms with E-state index in [1.54, 1.807) is 42.5 Å². The predicted octanol–water partition coefficient (Wildman–Crippen LogP) is 1.06. The quantitative estimate of drug-likeness (QED) is 0.0539. The van der Waals surface area contributed by atoms with Crippen LogP contribution in [0.4, 0.5) is 13.2 Å². The maximum atomic E-state index is 13.9. The van der Waals surface area contributed by atoms with Crippen LogP contribution >= 0.6 is 0 Å². The van der Waals surface area contributed by atoms with Gasteiger partial charge in [0.05, 0.1) is 5.92 Å². The van der Waals surface area contributed by atoms with Crippen LogP contribution in [-0.4, -0.2) is 66.9 Å². The second-order valence-electron chi connectivity index (χ2n) is 10.5. The van der Waals surface area contributed by atoms with Crippen LogP contribution in [0.1, 0.15) is 35.4 Å². The summed E-state index contributed by atoms with van der Waals surface area (Å²) in [5, 5.41) is 14.0. The SMILES string of the molecule is N=C(N)c1ccc(C[C@H](C(=O)N[C@@H](COC(=O)C(F)(F)F)C(=O)N[C@@H](CCCN=C(N)N)C(N)=O)c2ccc3ccccc3c2)cc1. The second kappa shape index (κ2) is 16.1. The summed E-state index contributed by atoms with van der Waals surface area (Å²) in [6.07, 6.45) is -5.16. The summed E-state index contributed by atoms with van der Waals surface area (Å²) in [5.41, 5.74) is 23.1. The molecule has 3 aromatic carbocycles. The summed E-state index contributed by atoms with van der Waals surface area (Å²) in [7, 11) is 0. The third-order valence-electron chi connectivity index (χ3n) is 7.05. The van der Waals surface area contributed by atoms with Crippen LogP contribution in [0.15, 0.2) is 71.7 Å². The van der Waals surface area contributed by atoms with Crippen molar-refractivity contribution in [3.63, 3.8) is 0 Å². The monoisotopic (exact) mass is 656 g/mol. The number of amidine groups is 1. The van der Waals surface area contributed by atoms with E-state index in [2.05, 4.69) is 20.4 Å². The van der Waals surface area contributed by atoms with E-state index in [-0.39, 0.29) is 37.6 Å². The summed E-state index contributed by atoms with van der Waals surface area (Å²) >= 11 is 0. The molecular formula is C31H35F3N8O5. The Balaban J connectivity index is 1.92. The topological polar surface area (TPSA) is 242 Å². The number of esters is 1. The normalized spacial score (nSPS) is 13.1. The van der Waals surface area contributed by atoms with Crippen LogP contribution in [0.5, 0.6) is 0 Å². The Morgan fingerprint density at radius 2 is 1.49 bits per heavy atom. The van der Waals surface area contributed by atoms with E-state index in [1.165, 1.54) is 0 Å². The Morgan fingerprint density at radius 1 is 0.851 bits per heavy atom. The summed E-state index contributed by atoms with van der Waals surface area (Å²) in [6.45, 7) is -1.11. The zero-order valence-electron chi connectivity index (χ0n) is 25.1. The number of fused-ring (bicyclic) bond motifs is 1. The largest absolute Gasteiger partial charge is 0.490 e. The minimum Gasteiger partial charge on any atom is -0.456 e. The first kappa shape index (κ1) is 35.8. The number of nitrogens with one attached hydrogen (secondary N) is 3. The van der Waals surface area contributed by atoms with Crippen LogP contribution < -0.4 is 33.6 Å². The molecule has 3 amide bonds. The van der Waals surface area contributed by atoms with Crippen LogP contribution in [0.25, 0.3) is 10.8 Å². The van der Waals surface area contributed by atoms with Crippen molar-refractivity contribution >= 4 is 46.3 Å². The summed E-state index contributed by atoms with van der Waals surface area (Å²) in [5.74, 6) is -6.82. The maximum Gasteiger partial charge on any atom is 0.490 e. The molecule has 11 N–H and O–H groups in total. The molecule has 0 spiro atoms. The number of alkyl halides is 3. The first-order valence-corrected chi connectivity index (χ1v) is 14.3. The van der Waals surface area contributed by atoms with Crippen molar-refractivity contribution in [3.8, 4) is 0 Å². The molecule has 3 atom stereocenters. The van der Waals surface area contributed by atoms with Crippen molar-refractivity contribution in [2.75, 3.05) is 13.2 Å². The molecule has 0 unspecified atom stereocenters. The zero-order chi connectivity index (χ0) is 34.7. The number of carbonyl (C=O) groups excluding carboxylic acids is 4. The third kappa shape index (κ3) is 10.7. The van der Waals surface area contributed by atoms with E-state index in [4.69, 9.17) is 28.3 Å². The van der Waals surface area contributed by atoms with Gasteiger partial charge in [-0.05, 0) is 41.2 Å². The number of amides is 3. The molecule has 16 heteroatoms. The molecule has 13 nitrogen and oxygen atoms in total. The Hall–Kier alpha value is -5.67. The van der Waals surface area contributed by atoms with E-state index in [9.17, 15) is 32.3 Å². The number of guanidine groups is 1. The van der Waals surface area contributed by atoms with Gasteiger partial charge < -0.3 is 38.3 Å². The van der Waals surface area contributed by atoms with Gasteiger partial charge in [-0.2, -0.15) is 13.2 Å². The van der Waals surface area contributed by atoms with E-state index < -0.39 is 54.5 Å². The van der Waals surface area contributed by atoms with E-state index in [0.717, 1.165) is 10.8 Å². The number of nitrogens with zero attached hydrogens (tertiary/aromatic N) is 1. The van der Waals surface area contributed by atoms with Crippen molar-refractivity contribution in [1.29, 1.82) is 5.41 Å². The Kier molecular flexibility index (Phi) is 12.2. The number of aliphatic imine (C=N–C) groups is 1. The van der Waals surface area contributed by atoms with Gasteiger partial charge in [0.25, 0.3) is 0 Å². The highest BCUT2D eigenvalue weighted by Gasteiger charge is 2.42. The standard InChI is InChI=1S/C31H35F3N8O5/c32-31(33,34)29(46)47-16-24(28(45)41-23(26(37)43)6-3-13-40-30(38)39)42-27(44)22(14-17-7-9-19(10-8-17)25(35)36)21-12-11-18-4-1-2-5-20(18)15-21/h1-2,4-5,7-12,15,22-24H,3,6,13-14,16H2,(H3,35,36)(H2,37,43)(H,41,45)(H,42,44)(H4,38,39,40)/t22-,23-,24-/m0/s1. The number of nitrogen functional groups attached to an aromatic ring is 1. The van der Waals surface area contributed by atoms with Crippen molar-refractivity contribution in [1.82, 2.24) is 10.6 Å². The molecule has 0 radical (unpaired) electrons. The first-order valence-electron chi connectivity index (χ1n) is 14.3.